The third-order valence-corrected chi connectivity index (χ3v) is 3.00. The molecule has 0 saturated carbocycles. The maximum absolute atomic E-state index is 10.5. The zero-order chi connectivity index (χ0) is 14.2. The fourth-order valence-corrected chi connectivity index (χ4v) is 2.04. The Kier molecular flexibility index (Phi) is 5.00. The van der Waals surface area contributed by atoms with Crippen LogP contribution < -0.4 is 10.2 Å². The molecule has 0 aromatic heterocycles. The lowest BCUT2D eigenvalue weighted by molar-refractivity contribution is 0.194. The van der Waals surface area contributed by atoms with E-state index in [9.17, 15) is 4.79 Å². The summed E-state index contributed by atoms with van der Waals surface area (Å²) in [6.45, 7) is 1.79. The van der Waals surface area contributed by atoms with Gasteiger partial charge in [0.2, 0.25) is 0 Å². The molecule has 4 nitrogen and oxygen atoms in total. The molecule has 0 unspecified atom stereocenters. The van der Waals surface area contributed by atoms with Crippen molar-refractivity contribution in [1.29, 1.82) is 0 Å². The predicted molar refractivity (Wildman–Crippen MR) is 80.0 cm³/mol. The van der Waals surface area contributed by atoms with Gasteiger partial charge < -0.3 is 15.3 Å². The highest BCUT2D eigenvalue weighted by Crippen LogP contribution is 2.16. The lowest BCUT2D eigenvalue weighted by Crippen LogP contribution is -2.34. The number of amides is 1. The van der Waals surface area contributed by atoms with E-state index in [0.717, 1.165) is 12.2 Å². The molecule has 0 fully saturated rings. The topological polar surface area (TPSA) is 52.6 Å². The van der Waals surface area contributed by atoms with Gasteiger partial charge in [-0.15, -0.1) is 0 Å². The maximum Gasteiger partial charge on any atom is 0.404 e. The average molecular weight is 270 g/mol. The van der Waals surface area contributed by atoms with Crippen LogP contribution in [0.15, 0.2) is 60.7 Å². The molecule has 4 heteroatoms. The monoisotopic (exact) mass is 270 g/mol. The molecule has 2 N–H and O–H groups in total. The molecule has 0 spiro atoms. The quantitative estimate of drug-likeness (QED) is 0.848. The average Bonchev–Trinajstić information content (AvgIpc) is 2.48. The molecule has 0 bridgehead atoms. The van der Waals surface area contributed by atoms with Crippen LogP contribution in [0.25, 0.3) is 0 Å². The second kappa shape index (κ2) is 7.19. The summed E-state index contributed by atoms with van der Waals surface area (Å²) in [7, 11) is 0. The van der Waals surface area contributed by atoms with Crippen LogP contribution in [0, 0.1) is 0 Å². The number of hydrogen-bond donors (Lipinski definition) is 2. The van der Waals surface area contributed by atoms with Crippen molar-refractivity contribution in [3.05, 3.63) is 66.2 Å². The van der Waals surface area contributed by atoms with Gasteiger partial charge in [-0.2, -0.15) is 0 Å². The van der Waals surface area contributed by atoms with Crippen molar-refractivity contribution in [2.75, 3.05) is 18.0 Å². The number of para-hydroxylation sites is 1. The van der Waals surface area contributed by atoms with Crippen molar-refractivity contribution < 1.29 is 9.90 Å². The number of carboxylic acid groups (broad SMARTS) is 1. The highest BCUT2D eigenvalue weighted by atomic mass is 16.4. The summed E-state index contributed by atoms with van der Waals surface area (Å²) in [6.07, 6.45) is -0.988. The van der Waals surface area contributed by atoms with Crippen molar-refractivity contribution in [2.45, 2.75) is 6.54 Å². The van der Waals surface area contributed by atoms with Crippen molar-refractivity contribution in [3.8, 4) is 0 Å². The van der Waals surface area contributed by atoms with Crippen LogP contribution >= 0.6 is 0 Å². The third-order valence-electron chi connectivity index (χ3n) is 3.00. The molecule has 0 aliphatic heterocycles. The van der Waals surface area contributed by atoms with E-state index in [-0.39, 0.29) is 0 Å². The van der Waals surface area contributed by atoms with Crippen molar-refractivity contribution in [2.24, 2.45) is 0 Å². The molecule has 0 aliphatic carbocycles. The molecule has 1 amide bonds. The van der Waals surface area contributed by atoms with E-state index < -0.39 is 6.09 Å². The summed E-state index contributed by atoms with van der Waals surface area (Å²) >= 11 is 0. The molecule has 2 aromatic rings. The summed E-state index contributed by atoms with van der Waals surface area (Å²) in [5, 5.41) is 11.1. The Labute approximate surface area is 118 Å². The summed E-state index contributed by atoms with van der Waals surface area (Å²) in [6, 6.07) is 20.1. The molecule has 0 saturated heterocycles. The highest BCUT2D eigenvalue weighted by Gasteiger charge is 2.07. The van der Waals surface area contributed by atoms with Crippen LogP contribution in [0.5, 0.6) is 0 Å². The van der Waals surface area contributed by atoms with Crippen LogP contribution in [0.3, 0.4) is 0 Å². The number of nitrogens with one attached hydrogen (secondary N) is 1. The van der Waals surface area contributed by atoms with Crippen molar-refractivity contribution >= 4 is 11.8 Å². The van der Waals surface area contributed by atoms with Gasteiger partial charge in [-0.3, -0.25) is 0 Å². The summed E-state index contributed by atoms with van der Waals surface area (Å²) < 4.78 is 0. The van der Waals surface area contributed by atoms with Crippen LogP contribution in [0.2, 0.25) is 0 Å². The molecule has 0 aliphatic rings. The van der Waals surface area contributed by atoms with Gasteiger partial charge in [-0.05, 0) is 17.7 Å². The minimum absolute atomic E-state index is 0.400. The molecule has 0 atom stereocenters. The van der Waals surface area contributed by atoms with E-state index in [0.29, 0.717) is 13.1 Å². The van der Waals surface area contributed by atoms with E-state index in [1.807, 2.05) is 48.5 Å². The Balaban J connectivity index is 2.06. The Morgan fingerprint density at radius 1 is 1.00 bits per heavy atom. The molecule has 0 heterocycles. The third kappa shape index (κ3) is 4.31. The van der Waals surface area contributed by atoms with E-state index in [2.05, 4.69) is 22.3 Å². The standard InChI is InChI=1S/C16H18N2O2/c19-16(20)17-11-12-18(15-9-5-2-6-10-15)13-14-7-3-1-4-8-14/h1-10,17H,11-13H2,(H,19,20). The number of carbonyl (C=O) groups is 1. The Morgan fingerprint density at radius 3 is 2.20 bits per heavy atom. The maximum atomic E-state index is 10.5. The zero-order valence-electron chi connectivity index (χ0n) is 11.2. The number of nitrogens with zero attached hydrogens (tertiary/aromatic N) is 1. The summed E-state index contributed by atoms with van der Waals surface area (Å²) in [4.78, 5) is 12.7. The fraction of sp³-hybridized carbons (Fsp3) is 0.188. The van der Waals surface area contributed by atoms with Gasteiger partial charge in [-0.1, -0.05) is 48.5 Å². The number of anilines is 1. The molecule has 0 radical (unpaired) electrons. The van der Waals surface area contributed by atoms with Gasteiger partial charge >= 0.3 is 6.09 Å². The van der Waals surface area contributed by atoms with Gasteiger partial charge in [0.1, 0.15) is 0 Å². The van der Waals surface area contributed by atoms with Crippen LogP contribution in [0.4, 0.5) is 10.5 Å². The summed E-state index contributed by atoms with van der Waals surface area (Å²) in [5.41, 5.74) is 2.29. The molecule has 20 heavy (non-hydrogen) atoms. The van der Waals surface area contributed by atoms with Gasteiger partial charge in [0.15, 0.2) is 0 Å². The van der Waals surface area contributed by atoms with Gasteiger partial charge in [0.25, 0.3) is 0 Å². The van der Waals surface area contributed by atoms with Gasteiger partial charge in [-0.25, -0.2) is 4.79 Å². The molecular weight excluding hydrogens is 252 g/mol. The lowest BCUT2D eigenvalue weighted by Gasteiger charge is -2.25. The Morgan fingerprint density at radius 2 is 1.60 bits per heavy atom. The van der Waals surface area contributed by atoms with E-state index in [1.165, 1.54) is 5.56 Å². The smallest absolute Gasteiger partial charge is 0.404 e. The minimum atomic E-state index is -0.988. The van der Waals surface area contributed by atoms with Crippen LogP contribution in [0.1, 0.15) is 5.56 Å². The number of benzene rings is 2. The Bertz CT molecular complexity index is 529. The number of hydrogen-bond acceptors (Lipinski definition) is 2. The molecule has 2 aromatic carbocycles. The van der Waals surface area contributed by atoms with E-state index in [4.69, 9.17) is 5.11 Å². The number of rotatable bonds is 6. The van der Waals surface area contributed by atoms with Crippen LogP contribution in [-0.2, 0) is 6.54 Å². The second-order valence-corrected chi connectivity index (χ2v) is 4.47. The molecule has 104 valence electrons. The van der Waals surface area contributed by atoms with Gasteiger partial charge in [0.05, 0.1) is 0 Å². The van der Waals surface area contributed by atoms with Crippen molar-refractivity contribution in [1.82, 2.24) is 5.32 Å². The van der Waals surface area contributed by atoms with Crippen LogP contribution in [-0.4, -0.2) is 24.3 Å². The first-order chi connectivity index (χ1) is 9.75. The normalized spacial score (nSPS) is 10.0. The highest BCUT2D eigenvalue weighted by molar-refractivity contribution is 5.64. The molecular formula is C16H18N2O2. The fourth-order valence-electron chi connectivity index (χ4n) is 2.04. The SMILES string of the molecule is O=C(O)NCCN(Cc1ccccc1)c1ccccc1. The largest absolute Gasteiger partial charge is 0.465 e. The Hall–Kier alpha value is -2.49. The predicted octanol–water partition coefficient (Wildman–Crippen LogP) is 2.96. The van der Waals surface area contributed by atoms with Gasteiger partial charge in [0, 0.05) is 25.3 Å². The van der Waals surface area contributed by atoms with E-state index >= 15 is 0 Å². The van der Waals surface area contributed by atoms with Crippen molar-refractivity contribution in [3.63, 3.8) is 0 Å². The van der Waals surface area contributed by atoms with E-state index in [1.54, 1.807) is 0 Å². The first kappa shape index (κ1) is 13.9. The lowest BCUT2D eigenvalue weighted by atomic mass is 10.2. The first-order valence-corrected chi connectivity index (χ1v) is 6.56. The second-order valence-electron chi connectivity index (χ2n) is 4.47. The summed E-state index contributed by atoms with van der Waals surface area (Å²) in [5.74, 6) is 0. The zero-order valence-corrected chi connectivity index (χ0v) is 11.2. The minimum Gasteiger partial charge on any atom is -0.465 e. The first-order valence-electron chi connectivity index (χ1n) is 6.56. The molecule has 2 rings (SSSR count).